The van der Waals surface area contributed by atoms with E-state index < -0.39 is 0 Å². The predicted octanol–water partition coefficient (Wildman–Crippen LogP) is 4.91. The maximum atomic E-state index is 5.52. The molecular formula is C13H12BrNS2. The Bertz CT molecular complexity index is 612. The Balaban J connectivity index is 2.25. The Morgan fingerprint density at radius 1 is 1.18 bits per heavy atom. The van der Waals surface area contributed by atoms with Crippen LogP contribution in [0.1, 0.15) is 23.4 Å². The van der Waals surface area contributed by atoms with Crippen molar-refractivity contribution in [3.05, 3.63) is 43.3 Å². The van der Waals surface area contributed by atoms with Crippen LogP contribution in [0, 0.1) is 3.95 Å². The molecule has 0 spiro atoms. The van der Waals surface area contributed by atoms with Gasteiger partial charge in [-0.25, -0.2) is 0 Å². The van der Waals surface area contributed by atoms with Gasteiger partial charge in [-0.3, -0.25) is 4.57 Å². The first-order valence-corrected chi connectivity index (χ1v) is 7.77. The summed E-state index contributed by atoms with van der Waals surface area (Å²) < 4.78 is 4.34. The van der Waals surface area contributed by atoms with Crippen molar-refractivity contribution in [1.29, 1.82) is 0 Å². The molecule has 0 radical (unpaired) electrons. The zero-order valence-electron chi connectivity index (χ0n) is 9.28. The lowest BCUT2D eigenvalue weighted by atomic mass is 10.0. The summed E-state index contributed by atoms with van der Waals surface area (Å²) in [5.41, 5.74) is 2.61. The van der Waals surface area contributed by atoms with Gasteiger partial charge in [0.1, 0.15) is 0 Å². The number of nitrogens with zero attached hydrogens (tertiary/aromatic N) is 1. The van der Waals surface area contributed by atoms with Crippen molar-refractivity contribution >= 4 is 39.5 Å². The summed E-state index contributed by atoms with van der Waals surface area (Å²) in [6.45, 7) is 0. The van der Waals surface area contributed by atoms with E-state index in [0.29, 0.717) is 0 Å². The van der Waals surface area contributed by atoms with Crippen LogP contribution in [0.5, 0.6) is 0 Å². The first kappa shape index (κ1) is 11.6. The molecule has 0 amide bonds. The van der Waals surface area contributed by atoms with Crippen molar-refractivity contribution < 1.29 is 0 Å². The highest BCUT2D eigenvalue weighted by molar-refractivity contribution is 9.10. The smallest absolute Gasteiger partial charge is 0.166 e. The Morgan fingerprint density at radius 3 is 2.76 bits per heavy atom. The molecule has 1 aromatic carbocycles. The second-order valence-corrected chi connectivity index (χ2v) is 6.81. The van der Waals surface area contributed by atoms with Crippen LogP contribution in [0.4, 0.5) is 0 Å². The average molecular weight is 326 g/mol. The zero-order chi connectivity index (χ0) is 11.8. The second-order valence-electron chi connectivity index (χ2n) is 4.23. The first-order valence-electron chi connectivity index (χ1n) is 5.76. The first-order chi connectivity index (χ1) is 8.27. The lowest BCUT2D eigenvalue weighted by Crippen LogP contribution is -2.07. The summed E-state index contributed by atoms with van der Waals surface area (Å²) in [4.78, 5) is 1.48. The lowest BCUT2D eigenvalue weighted by Gasteiger charge is -2.15. The van der Waals surface area contributed by atoms with Crippen LogP contribution in [0.15, 0.2) is 28.7 Å². The highest BCUT2D eigenvalue weighted by Crippen LogP contribution is 2.32. The maximum absolute atomic E-state index is 5.52. The van der Waals surface area contributed by atoms with Crippen molar-refractivity contribution in [2.24, 2.45) is 0 Å². The van der Waals surface area contributed by atoms with E-state index in [1.165, 1.54) is 35.5 Å². The molecule has 17 heavy (non-hydrogen) atoms. The van der Waals surface area contributed by atoms with Crippen LogP contribution in [-0.2, 0) is 12.8 Å². The van der Waals surface area contributed by atoms with Crippen LogP contribution in [0.3, 0.4) is 0 Å². The van der Waals surface area contributed by atoms with E-state index in [0.717, 1.165) is 14.8 Å². The van der Waals surface area contributed by atoms with Crippen LogP contribution >= 0.6 is 39.5 Å². The molecule has 3 rings (SSSR count). The minimum Gasteiger partial charge on any atom is -0.294 e. The van der Waals surface area contributed by atoms with E-state index >= 15 is 0 Å². The quantitative estimate of drug-likeness (QED) is 0.674. The van der Waals surface area contributed by atoms with Gasteiger partial charge in [0.05, 0.1) is 5.69 Å². The van der Waals surface area contributed by atoms with Gasteiger partial charge in [0.2, 0.25) is 0 Å². The number of thiazole rings is 1. The van der Waals surface area contributed by atoms with E-state index in [2.05, 4.69) is 38.7 Å². The topological polar surface area (TPSA) is 4.93 Å². The normalized spacial score (nSPS) is 14.6. The fraction of sp³-hybridized carbons (Fsp3) is 0.308. The lowest BCUT2D eigenvalue weighted by molar-refractivity contribution is 0.666. The number of para-hydroxylation sites is 1. The van der Waals surface area contributed by atoms with Gasteiger partial charge >= 0.3 is 0 Å². The van der Waals surface area contributed by atoms with E-state index in [-0.39, 0.29) is 0 Å². The number of rotatable bonds is 1. The van der Waals surface area contributed by atoms with Crippen LogP contribution < -0.4 is 0 Å². The fourth-order valence-electron chi connectivity index (χ4n) is 2.35. The molecule has 0 fully saturated rings. The summed E-state index contributed by atoms with van der Waals surface area (Å²) in [5.74, 6) is 0. The second kappa shape index (κ2) is 4.67. The fourth-order valence-corrected chi connectivity index (χ4v) is 4.39. The highest BCUT2D eigenvalue weighted by Gasteiger charge is 2.18. The maximum Gasteiger partial charge on any atom is 0.166 e. The van der Waals surface area contributed by atoms with Crippen molar-refractivity contribution in [3.8, 4) is 5.69 Å². The molecule has 0 saturated heterocycles. The van der Waals surface area contributed by atoms with Gasteiger partial charge in [0.15, 0.2) is 3.95 Å². The number of aromatic nitrogens is 1. The SMILES string of the molecule is S=c1sc2c(n1-c1ccccc1Br)CCCC2. The molecule has 4 heteroatoms. The van der Waals surface area contributed by atoms with Gasteiger partial charge in [-0.15, -0.1) is 11.3 Å². The van der Waals surface area contributed by atoms with E-state index in [4.69, 9.17) is 12.2 Å². The zero-order valence-corrected chi connectivity index (χ0v) is 12.5. The highest BCUT2D eigenvalue weighted by atomic mass is 79.9. The molecule has 0 N–H and O–H groups in total. The third-order valence-electron chi connectivity index (χ3n) is 3.15. The Labute approximate surface area is 118 Å². The number of hydrogen-bond acceptors (Lipinski definition) is 2. The number of halogens is 1. The molecule has 1 heterocycles. The van der Waals surface area contributed by atoms with Gasteiger partial charge in [-0.1, -0.05) is 12.1 Å². The summed E-state index contributed by atoms with van der Waals surface area (Å²) in [6.07, 6.45) is 4.94. The summed E-state index contributed by atoms with van der Waals surface area (Å²) >= 11 is 10.9. The minimum absolute atomic E-state index is 0.976. The molecule has 0 saturated carbocycles. The molecule has 0 unspecified atom stereocenters. The molecule has 1 aliphatic carbocycles. The van der Waals surface area contributed by atoms with Gasteiger partial charge in [-0.05, 0) is 66.0 Å². The third-order valence-corrected chi connectivity index (χ3v) is 5.29. The third kappa shape index (κ3) is 2.02. The molecule has 1 aliphatic rings. The average Bonchev–Trinajstić information content (AvgIpc) is 2.66. The van der Waals surface area contributed by atoms with Gasteiger partial charge < -0.3 is 0 Å². The molecule has 1 nitrogen and oxygen atoms in total. The largest absolute Gasteiger partial charge is 0.294 e. The van der Waals surface area contributed by atoms with Crippen molar-refractivity contribution in [2.45, 2.75) is 25.7 Å². The predicted molar refractivity (Wildman–Crippen MR) is 78.8 cm³/mol. The Hall–Kier alpha value is -0.450. The minimum atomic E-state index is 0.976. The number of fused-ring (bicyclic) bond motifs is 1. The van der Waals surface area contributed by atoms with E-state index in [1.807, 2.05) is 6.07 Å². The molecule has 0 aliphatic heterocycles. The van der Waals surface area contributed by atoms with Crippen molar-refractivity contribution in [2.75, 3.05) is 0 Å². The molecule has 88 valence electrons. The summed E-state index contributed by atoms with van der Waals surface area (Å²) in [6, 6.07) is 8.30. The Morgan fingerprint density at radius 2 is 1.94 bits per heavy atom. The van der Waals surface area contributed by atoms with Crippen LogP contribution in [0.2, 0.25) is 0 Å². The van der Waals surface area contributed by atoms with Crippen LogP contribution in [0.25, 0.3) is 5.69 Å². The molecular weight excluding hydrogens is 314 g/mol. The van der Waals surface area contributed by atoms with Crippen LogP contribution in [-0.4, -0.2) is 4.57 Å². The van der Waals surface area contributed by atoms with Crippen molar-refractivity contribution in [1.82, 2.24) is 4.57 Å². The van der Waals surface area contributed by atoms with E-state index in [1.54, 1.807) is 11.3 Å². The standard InChI is InChI=1S/C13H12BrNS2/c14-9-5-1-2-6-10(9)15-11-7-3-4-8-12(11)17-13(15)16/h1-2,5-6H,3-4,7-8H2. The van der Waals surface area contributed by atoms with Gasteiger partial charge in [0, 0.05) is 15.0 Å². The van der Waals surface area contributed by atoms with Gasteiger partial charge in [0.25, 0.3) is 0 Å². The van der Waals surface area contributed by atoms with E-state index in [9.17, 15) is 0 Å². The molecule has 1 aromatic heterocycles. The monoisotopic (exact) mass is 325 g/mol. The summed E-state index contributed by atoms with van der Waals surface area (Å²) in [7, 11) is 0. The molecule has 0 atom stereocenters. The van der Waals surface area contributed by atoms with Crippen molar-refractivity contribution in [3.63, 3.8) is 0 Å². The summed E-state index contributed by atoms with van der Waals surface area (Å²) in [5, 5.41) is 0. The molecule has 2 aromatic rings. The number of benzene rings is 1. The number of aryl methyl sites for hydroxylation is 1. The number of hydrogen-bond donors (Lipinski definition) is 0. The molecule has 0 bridgehead atoms. The van der Waals surface area contributed by atoms with Gasteiger partial charge in [-0.2, -0.15) is 0 Å². The Kier molecular flexibility index (Phi) is 3.19.